The predicted octanol–water partition coefficient (Wildman–Crippen LogP) is 2.44. The second kappa shape index (κ2) is 6.73. The summed E-state index contributed by atoms with van der Waals surface area (Å²) in [6.45, 7) is 11.5. The Balaban J connectivity index is 1.85. The zero-order chi connectivity index (χ0) is 13.8. The second-order valence-electron chi connectivity index (χ2n) is 5.38. The first-order chi connectivity index (χ1) is 9.13. The van der Waals surface area contributed by atoms with E-state index in [-0.39, 0.29) is 0 Å². The van der Waals surface area contributed by atoms with Gasteiger partial charge >= 0.3 is 0 Å². The molecule has 0 bridgehead atoms. The summed E-state index contributed by atoms with van der Waals surface area (Å²) in [6, 6.07) is 0.598. The van der Waals surface area contributed by atoms with E-state index >= 15 is 0 Å². The lowest BCUT2D eigenvalue weighted by Crippen LogP contribution is -2.38. The average Bonchev–Trinajstić information content (AvgIpc) is 3.01. The van der Waals surface area contributed by atoms with Crippen molar-refractivity contribution in [2.75, 3.05) is 19.6 Å². The Morgan fingerprint density at radius 1 is 1.37 bits per heavy atom. The minimum Gasteiger partial charge on any atom is -0.310 e. The number of nitrogens with zero attached hydrogens (tertiary/aromatic N) is 3. The summed E-state index contributed by atoms with van der Waals surface area (Å²) in [5.74, 6) is 0. The van der Waals surface area contributed by atoms with Gasteiger partial charge in [-0.15, -0.1) is 0 Å². The van der Waals surface area contributed by atoms with Gasteiger partial charge in [-0.3, -0.25) is 9.58 Å². The maximum Gasteiger partial charge on any atom is 0.0860 e. The normalized spacial score (nSPS) is 18.1. The Bertz CT molecular complexity index is 410. The summed E-state index contributed by atoms with van der Waals surface area (Å²) in [5, 5.41) is 8.77. The fourth-order valence-electron chi connectivity index (χ4n) is 2.75. The smallest absolute Gasteiger partial charge is 0.0860 e. The molecule has 1 N–H and O–H groups in total. The summed E-state index contributed by atoms with van der Waals surface area (Å²) >= 11 is 6.30. The average molecular weight is 285 g/mol. The van der Waals surface area contributed by atoms with Gasteiger partial charge in [0.15, 0.2) is 0 Å². The van der Waals surface area contributed by atoms with Crippen molar-refractivity contribution in [3.05, 3.63) is 16.4 Å². The number of halogens is 1. The van der Waals surface area contributed by atoms with Crippen molar-refractivity contribution in [1.29, 1.82) is 0 Å². The summed E-state index contributed by atoms with van der Waals surface area (Å²) in [6.07, 6.45) is 2.69. The van der Waals surface area contributed by atoms with Gasteiger partial charge in [-0.2, -0.15) is 5.10 Å². The third-order valence-corrected chi connectivity index (χ3v) is 4.44. The van der Waals surface area contributed by atoms with Crippen LogP contribution in [-0.4, -0.2) is 40.4 Å². The van der Waals surface area contributed by atoms with Crippen LogP contribution in [0.3, 0.4) is 0 Å². The minimum absolute atomic E-state index is 0.598. The van der Waals surface area contributed by atoms with E-state index in [1.807, 2.05) is 11.6 Å². The summed E-state index contributed by atoms with van der Waals surface area (Å²) < 4.78 is 1.99. The van der Waals surface area contributed by atoms with Crippen LogP contribution in [0.15, 0.2) is 0 Å². The molecule has 0 aromatic carbocycles. The van der Waals surface area contributed by atoms with Gasteiger partial charge < -0.3 is 5.32 Å². The van der Waals surface area contributed by atoms with Crippen LogP contribution in [0.2, 0.25) is 5.02 Å². The van der Waals surface area contributed by atoms with Crippen LogP contribution < -0.4 is 5.32 Å². The van der Waals surface area contributed by atoms with Crippen molar-refractivity contribution in [3.8, 4) is 0 Å². The van der Waals surface area contributed by atoms with Crippen LogP contribution in [0, 0.1) is 6.92 Å². The van der Waals surface area contributed by atoms with Crippen molar-refractivity contribution < 1.29 is 0 Å². The Labute approximate surface area is 121 Å². The number of nitrogens with one attached hydrogen (secondary N) is 1. The molecule has 2 rings (SSSR count). The molecular formula is C14H25ClN4. The molecule has 2 heterocycles. The van der Waals surface area contributed by atoms with Crippen LogP contribution in [-0.2, 0) is 13.1 Å². The van der Waals surface area contributed by atoms with Gasteiger partial charge in [0.25, 0.3) is 0 Å². The molecule has 1 aliphatic rings. The molecule has 1 saturated heterocycles. The van der Waals surface area contributed by atoms with E-state index in [9.17, 15) is 0 Å². The van der Waals surface area contributed by atoms with Crippen LogP contribution in [0.1, 0.15) is 38.1 Å². The molecule has 0 spiro atoms. The van der Waals surface area contributed by atoms with Gasteiger partial charge in [-0.1, -0.05) is 11.6 Å². The maximum atomic E-state index is 6.30. The molecule has 0 aliphatic carbocycles. The largest absolute Gasteiger partial charge is 0.310 e. The lowest BCUT2D eigenvalue weighted by atomic mass is 10.3. The topological polar surface area (TPSA) is 33.1 Å². The summed E-state index contributed by atoms with van der Waals surface area (Å²) in [7, 11) is 0. The van der Waals surface area contributed by atoms with Gasteiger partial charge in [0.2, 0.25) is 0 Å². The fourth-order valence-corrected chi connectivity index (χ4v) is 2.95. The highest BCUT2D eigenvalue weighted by Gasteiger charge is 2.18. The van der Waals surface area contributed by atoms with Crippen molar-refractivity contribution in [2.24, 2.45) is 0 Å². The first-order valence-corrected chi connectivity index (χ1v) is 7.67. The quantitative estimate of drug-likeness (QED) is 0.871. The Hall–Kier alpha value is -0.580. The first kappa shape index (κ1) is 14.8. The molecule has 1 atom stereocenters. The van der Waals surface area contributed by atoms with Crippen molar-refractivity contribution in [1.82, 2.24) is 20.0 Å². The van der Waals surface area contributed by atoms with E-state index in [0.29, 0.717) is 6.04 Å². The van der Waals surface area contributed by atoms with E-state index in [0.717, 1.165) is 36.0 Å². The SMILES string of the molecule is CCn1nc(C)c(Cl)c1CNCC(C)N1CCCC1. The maximum absolute atomic E-state index is 6.30. The van der Waals surface area contributed by atoms with E-state index < -0.39 is 0 Å². The Kier molecular flexibility index (Phi) is 5.25. The van der Waals surface area contributed by atoms with Gasteiger partial charge in [0, 0.05) is 25.7 Å². The molecule has 4 nitrogen and oxygen atoms in total. The number of hydrogen-bond donors (Lipinski definition) is 1. The van der Waals surface area contributed by atoms with Gasteiger partial charge in [0.1, 0.15) is 0 Å². The predicted molar refractivity (Wildman–Crippen MR) is 79.6 cm³/mol. The van der Waals surface area contributed by atoms with Gasteiger partial charge in [-0.25, -0.2) is 0 Å². The third-order valence-electron chi connectivity index (χ3n) is 3.95. The monoisotopic (exact) mass is 284 g/mol. The number of aromatic nitrogens is 2. The van der Waals surface area contributed by atoms with E-state index in [4.69, 9.17) is 11.6 Å². The number of likely N-dealkylation sites (tertiary alicyclic amines) is 1. The lowest BCUT2D eigenvalue weighted by molar-refractivity contribution is 0.251. The van der Waals surface area contributed by atoms with Crippen LogP contribution in [0.25, 0.3) is 0 Å². The number of rotatable bonds is 6. The molecule has 0 radical (unpaired) electrons. The zero-order valence-corrected chi connectivity index (χ0v) is 13.0. The molecule has 1 aromatic heterocycles. The molecule has 1 aromatic rings. The van der Waals surface area contributed by atoms with E-state index in [1.165, 1.54) is 25.9 Å². The number of hydrogen-bond acceptors (Lipinski definition) is 3. The third kappa shape index (κ3) is 3.50. The highest BCUT2D eigenvalue weighted by atomic mass is 35.5. The van der Waals surface area contributed by atoms with E-state index in [1.54, 1.807) is 0 Å². The van der Waals surface area contributed by atoms with Gasteiger partial charge in [-0.05, 0) is 46.7 Å². The lowest BCUT2D eigenvalue weighted by Gasteiger charge is -2.24. The van der Waals surface area contributed by atoms with Crippen LogP contribution in [0.4, 0.5) is 0 Å². The Morgan fingerprint density at radius 2 is 2.05 bits per heavy atom. The Morgan fingerprint density at radius 3 is 2.68 bits per heavy atom. The van der Waals surface area contributed by atoms with Crippen molar-refractivity contribution in [2.45, 2.75) is 52.7 Å². The number of aryl methyl sites for hydroxylation is 2. The van der Waals surface area contributed by atoms with E-state index in [2.05, 4.69) is 29.2 Å². The summed E-state index contributed by atoms with van der Waals surface area (Å²) in [4.78, 5) is 2.55. The van der Waals surface area contributed by atoms with Crippen LogP contribution in [0.5, 0.6) is 0 Å². The molecule has 5 heteroatoms. The van der Waals surface area contributed by atoms with Crippen molar-refractivity contribution >= 4 is 11.6 Å². The minimum atomic E-state index is 0.598. The zero-order valence-electron chi connectivity index (χ0n) is 12.2. The molecule has 0 saturated carbocycles. The fraction of sp³-hybridized carbons (Fsp3) is 0.786. The standard InChI is InChI=1S/C14H25ClN4/c1-4-19-13(14(15)12(3)17-19)10-16-9-11(2)18-7-5-6-8-18/h11,16H,4-10H2,1-3H3. The first-order valence-electron chi connectivity index (χ1n) is 7.30. The molecule has 0 amide bonds. The van der Waals surface area contributed by atoms with Crippen molar-refractivity contribution in [3.63, 3.8) is 0 Å². The second-order valence-corrected chi connectivity index (χ2v) is 5.76. The molecule has 108 valence electrons. The van der Waals surface area contributed by atoms with Crippen LogP contribution >= 0.6 is 11.6 Å². The molecule has 1 fully saturated rings. The summed E-state index contributed by atoms with van der Waals surface area (Å²) in [5.41, 5.74) is 2.03. The molecular weight excluding hydrogens is 260 g/mol. The molecule has 1 aliphatic heterocycles. The highest BCUT2D eigenvalue weighted by molar-refractivity contribution is 6.31. The van der Waals surface area contributed by atoms with Gasteiger partial charge in [0.05, 0.1) is 16.4 Å². The highest BCUT2D eigenvalue weighted by Crippen LogP contribution is 2.20. The molecule has 19 heavy (non-hydrogen) atoms. The molecule has 1 unspecified atom stereocenters.